The fourth-order valence-electron chi connectivity index (χ4n) is 3.10. The maximum absolute atomic E-state index is 11.2. The quantitative estimate of drug-likeness (QED) is 0.341. The van der Waals surface area contributed by atoms with Crippen molar-refractivity contribution in [2.24, 2.45) is 0 Å². The number of H-pyrrole nitrogens is 1. The molecule has 2 aromatic heterocycles. The van der Waals surface area contributed by atoms with Crippen molar-refractivity contribution in [2.45, 2.75) is 6.54 Å². The molecule has 0 fully saturated rings. The molecule has 0 saturated heterocycles. The largest absolute Gasteiger partial charge is 0.497 e. The van der Waals surface area contributed by atoms with Crippen LogP contribution in [-0.2, 0) is 6.54 Å². The van der Waals surface area contributed by atoms with Crippen LogP contribution in [0.4, 0.5) is 17.5 Å². The van der Waals surface area contributed by atoms with Crippen LogP contribution in [0.15, 0.2) is 60.8 Å². The predicted molar refractivity (Wildman–Crippen MR) is 122 cm³/mol. The summed E-state index contributed by atoms with van der Waals surface area (Å²) in [5.74, 6) is 2.96. The van der Waals surface area contributed by atoms with E-state index in [9.17, 15) is 4.79 Å². The van der Waals surface area contributed by atoms with Crippen molar-refractivity contribution >= 4 is 23.7 Å². The third kappa shape index (κ3) is 4.84. The number of hydrogen-bond acceptors (Lipinski definition) is 8. The highest BCUT2D eigenvalue weighted by Crippen LogP contribution is 2.28. The number of aromatic amines is 1. The molecule has 0 amide bonds. The van der Waals surface area contributed by atoms with E-state index >= 15 is 0 Å². The van der Waals surface area contributed by atoms with Gasteiger partial charge in [-0.25, -0.2) is 4.98 Å². The van der Waals surface area contributed by atoms with Crippen LogP contribution in [0.3, 0.4) is 0 Å². The molecule has 0 aliphatic heterocycles. The Morgan fingerprint density at radius 3 is 2.59 bits per heavy atom. The normalized spacial score (nSPS) is 10.4. The first-order chi connectivity index (χ1) is 15.7. The van der Waals surface area contributed by atoms with Gasteiger partial charge in [-0.15, -0.1) is 5.10 Å². The van der Waals surface area contributed by atoms with Gasteiger partial charge in [-0.05, 0) is 42.0 Å². The summed E-state index contributed by atoms with van der Waals surface area (Å²) in [5.41, 5.74) is 2.97. The number of nitrogens with zero attached hydrogens (tertiary/aromatic N) is 3. The van der Waals surface area contributed by atoms with Crippen LogP contribution in [0.5, 0.6) is 11.5 Å². The van der Waals surface area contributed by atoms with Crippen molar-refractivity contribution < 1.29 is 14.3 Å². The zero-order valence-electron chi connectivity index (χ0n) is 17.6. The van der Waals surface area contributed by atoms with Crippen LogP contribution in [0.2, 0.25) is 0 Å². The minimum atomic E-state index is 0.468. The molecule has 0 unspecified atom stereocenters. The van der Waals surface area contributed by atoms with Gasteiger partial charge in [-0.3, -0.25) is 9.89 Å². The average molecular weight is 430 g/mol. The van der Waals surface area contributed by atoms with Gasteiger partial charge in [0.05, 0.1) is 19.8 Å². The van der Waals surface area contributed by atoms with Gasteiger partial charge in [-0.2, -0.15) is 4.98 Å². The number of ether oxygens (including phenoxy) is 2. The maximum Gasteiger partial charge on any atom is 0.242 e. The highest BCUT2D eigenvalue weighted by Gasteiger charge is 2.12. The predicted octanol–water partition coefficient (Wildman–Crippen LogP) is 4.05. The molecule has 0 radical (unpaired) electrons. The topological polar surface area (TPSA) is 114 Å². The molecule has 4 aromatic rings. The highest BCUT2D eigenvalue weighted by molar-refractivity contribution is 5.81. The molecule has 32 heavy (non-hydrogen) atoms. The lowest BCUT2D eigenvalue weighted by Crippen LogP contribution is -2.01. The summed E-state index contributed by atoms with van der Waals surface area (Å²) >= 11 is 0. The third-order valence-electron chi connectivity index (χ3n) is 4.72. The number of benzene rings is 2. The molecule has 0 atom stereocenters. The molecule has 0 saturated carbocycles. The number of pyridine rings is 1. The van der Waals surface area contributed by atoms with E-state index in [2.05, 4.69) is 30.8 Å². The van der Waals surface area contributed by atoms with Gasteiger partial charge >= 0.3 is 0 Å². The van der Waals surface area contributed by atoms with E-state index < -0.39 is 0 Å². The summed E-state index contributed by atoms with van der Waals surface area (Å²) in [7, 11) is 3.19. The molecule has 162 valence electrons. The Kier molecular flexibility index (Phi) is 6.26. The van der Waals surface area contributed by atoms with E-state index in [-0.39, 0.29) is 0 Å². The van der Waals surface area contributed by atoms with E-state index in [1.54, 1.807) is 38.6 Å². The van der Waals surface area contributed by atoms with Crippen molar-refractivity contribution in [1.82, 2.24) is 20.2 Å². The van der Waals surface area contributed by atoms with Gasteiger partial charge in [-0.1, -0.05) is 12.1 Å². The number of carbonyl (C=O) groups is 1. The van der Waals surface area contributed by atoms with E-state index in [0.717, 1.165) is 23.2 Å². The van der Waals surface area contributed by atoms with Crippen molar-refractivity contribution in [2.75, 3.05) is 24.9 Å². The minimum Gasteiger partial charge on any atom is -0.497 e. The van der Waals surface area contributed by atoms with Crippen LogP contribution in [-0.4, -0.2) is 40.7 Å². The standard InChI is InChI=1S/C23H22N6O3/c1-31-18-7-5-15(6-8-18)13-25-23-27-22(28-29-23)20-4-3-9-24-21(20)26-17-10-16(14-30)11-19(12-17)32-2/h3-12,14H,13H2,1-2H3,(H,24,26)(H2,25,27,28,29). The van der Waals surface area contributed by atoms with Crippen molar-refractivity contribution in [3.63, 3.8) is 0 Å². The Labute approximate surface area is 184 Å². The van der Waals surface area contributed by atoms with E-state index in [0.29, 0.717) is 41.1 Å². The first-order valence-corrected chi connectivity index (χ1v) is 9.84. The number of rotatable bonds is 9. The lowest BCUT2D eigenvalue weighted by molar-refractivity contribution is 0.112. The number of nitrogens with one attached hydrogen (secondary N) is 3. The van der Waals surface area contributed by atoms with E-state index in [1.165, 1.54) is 0 Å². The lowest BCUT2D eigenvalue weighted by atomic mass is 10.2. The number of hydrogen-bond donors (Lipinski definition) is 3. The van der Waals surface area contributed by atoms with Crippen LogP contribution in [0.1, 0.15) is 15.9 Å². The number of aldehydes is 1. The average Bonchev–Trinajstić information content (AvgIpc) is 3.32. The molecule has 0 aliphatic carbocycles. The van der Waals surface area contributed by atoms with Gasteiger partial charge in [0, 0.05) is 30.1 Å². The Balaban J connectivity index is 1.51. The monoisotopic (exact) mass is 430 g/mol. The van der Waals surface area contributed by atoms with Crippen molar-refractivity contribution in [1.29, 1.82) is 0 Å². The van der Waals surface area contributed by atoms with Gasteiger partial charge in [0.15, 0.2) is 5.82 Å². The third-order valence-corrected chi connectivity index (χ3v) is 4.72. The zero-order valence-corrected chi connectivity index (χ0v) is 17.6. The fraction of sp³-hybridized carbons (Fsp3) is 0.130. The summed E-state index contributed by atoms with van der Waals surface area (Å²) in [4.78, 5) is 20.2. The Hall–Kier alpha value is -4.40. The Bertz CT molecular complexity index is 1210. The molecule has 9 heteroatoms. The minimum absolute atomic E-state index is 0.468. The summed E-state index contributed by atoms with van der Waals surface area (Å²) < 4.78 is 10.4. The number of methoxy groups -OCH3 is 2. The Morgan fingerprint density at radius 1 is 1.03 bits per heavy atom. The summed E-state index contributed by atoms with van der Waals surface area (Å²) in [6, 6.07) is 16.6. The first-order valence-electron chi connectivity index (χ1n) is 9.84. The molecule has 9 nitrogen and oxygen atoms in total. The molecule has 3 N–H and O–H groups in total. The molecular formula is C23H22N6O3. The molecule has 0 spiro atoms. The van der Waals surface area contributed by atoms with Crippen LogP contribution in [0.25, 0.3) is 11.4 Å². The molecule has 2 heterocycles. The second-order valence-corrected chi connectivity index (χ2v) is 6.85. The summed E-state index contributed by atoms with van der Waals surface area (Å²) in [5, 5.41) is 13.6. The molecule has 4 rings (SSSR count). The Morgan fingerprint density at radius 2 is 1.84 bits per heavy atom. The maximum atomic E-state index is 11.2. The summed E-state index contributed by atoms with van der Waals surface area (Å²) in [6.45, 7) is 0.567. The summed E-state index contributed by atoms with van der Waals surface area (Å²) in [6.07, 6.45) is 2.44. The van der Waals surface area contributed by atoms with Gasteiger partial charge in [0.2, 0.25) is 5.95 Å². The number of aromatic nitrogens is 4. The number of carbonyl (C=O) groups excluding carboxylic acids is 1. The van der Waals surface area contributed by atoms with Gasteiger partial charge in [0.25, 0.3) is 0 Å². The van der Waals surface area contributed by atoms with E-state index in [1.807, 2.05) is 36.4 Å². The lowest BCUT2D eigenvalue weighted by Gasteiger charge is -2.11. The first kappa shape index (κ1) is 20.9. The smallest absolute Gasteiger partial charge is 0.242 e. The molecular weight excluding hydrogens is 408 g/mol. The van der Waals surface area contributed by atoms with Crippen molar-refractivity contribution in [3.05, 3.63) is 71.9 Å². The molecule has 0 aliphatic rings. The van der Waals surface area contributed by atoms with Crippen molar-refractivity contribution in [3.8, 4) is 22.9 Å². The SMILES string of the molecule is COc1ccc(CNc2n[nH]c(-c3cccnc3Nc3cc(C=O)cc(OC)c3)n2)cc1. The fourth-order valence-corrected chi connectivity index (χ4v) is 3.10. The molecule has 2 aromatic carbocycles. The second kappa shape index (κ2) is 9.61. The van der Waals surface area contributed by atoms with E-state index in [4.69, 9.17) is 9.47 Å². The highest BCUT2D eigenvalue weighted by atomic mass is 16.5. The van der Waals surface area contributed by atoms with Crippen LogP contribution >= 0.6 is 0 Å². The number of anilines is 3. The molecule has 0 bridgehead atoms. The van der Waals surface area contributed by atoms with Gasteiger partial charge < -0.3 is 20.1 Å². The zero-order chi connectivity index (χ0) is 22.3. The van der Waals surface area contributed by atoms with Crippen LogP contribution < -0.4 is 20.1 Å². The second-order valence-electron chi connectivity index (χ2n) is 6.85. The van der Waals surface area contributed by atoms with Crippen LogP contribution in [0, 0.1) is 0 Å². The van der Waals surface area contributed by atoms with Gasteiger partial charge in [0.1, 0.15) is 23.6 Å².